The predicted octanol–water partition coefficient (Wildman–Crippen LogP) is 3.07. The third-order valence-corrected chi connectivity index (χ3v) is 4.28. The number of nitrogens with one attached hydrogen (secondary N) is 1. The Hall–Kier alpha value is -0.490. The molecule has 0 aliphatic carbocycles. The molecule has 0 saturated carbocycles. The molecule has 1 aromatic rings. The van der Waals surface area contributed by atoms with E-state index in [0.717, 1.165) is 18.0 Å². The van der Waals surface area contributed by atoms with Crippen molar-refractivity contribution < 1.29 is 0 Å². The zero-order chi connectivity index (χ0) is 14.4. The van der Waals surface area contributed by atoms with E-state index < -0.39 is 0 Å². The summed E-state index contributed by atoms with van der Waals surface area (Å²) in [7, 11) is 0. The Kier molecular flexibility index (Phi) is 6.93. The van der Waals surface area contributed by atoms with E-state index in [9.17, 15) is 4.79 Å². The van der Waals surface area contributed by atoms with Crippen LogP contribution in [0, 0.1) is 11.8 Å². The summed E-state index contributed by atoms with van der Waals surface area (Å²) >= 11 is 5.20. The van der Waals surface area contributed by atoms with Crippen LogP contribution in [0.5, 0.6) is 0 Å². The fourth-order valence-corrected chi connectivity index (χ4v) is 2.83. The zero-order valence-electron chi connectivity index (χ0n) is 11.9. The third-order valence-electron chi connectivity index (χ3n) is 2.62. The summed E-state index contributed by atoms with van der Waals surface area (Å²) in [6, 6.07) is 0. The lowest BCUT2D eigenvalue weighted by Crippen LogP contribution is -2.27. The summed E-state index contributed by atoms with van der Waals surface area (Å²) < 4.78 is 2.07. The van der Waals surface area contributed by atoms with Crippen LogP contribution in [0.1, 0.15) is 20.8 Å². The molecule has 0 aromatic carbocycles. The molecule has 0 aliphatic rings. The van der Waals surface area contributed by atoms with Gasteiger partial charge in [0.05, 0.1) is 11.9 Å². The van der Waals surface area contributed by atoms with Crippen molar-refractivity contribution in [1.82, 2.24) is 9.78 Å². The van der Waals surface area contributed by atoms with E-state index in [-0.39, 0.29) is 5.56 Å². The molecule has 0 fully saturated rings. The Morgan fingerprint density at radius 1 is 1.47 bits per heavy atom. The van der Waals surface area contributed by atoms with Crippen LogP contribution in [0.15, 0.2) is 15.5 Å². The Bertz CT molecular complexity index is 462. The highest BCUT2D eigenvalue weighted by Crippen LogP contribution is 2.17. The lowest BCUT2D eigenvalue weighted by Gasteiger charge is -2.14. The normalized spacial score (nSPS) is 12.7. The summed E-state index contributed by atoms with van der Waals surface area (Å²) in [4.78, 5) is 12.1. The molecule has 0 spiro atoms. The minimum atomic E-state index is -0.0729. The molecule has 0 bridgehead atoms. The average molecular weight is 348 g/mol. The third kappa shape index (κ3) is 5.18. The minimum absolute atomic E-state index is 0.0729. The molecule has 0 amide bonds. The molecular weight excluding hydrogens is 326 g/mol. The van der Waals surface area contributed by atoms with Crippen molar-refractivity contribution >= 4 is 33.4 Å². The van der Waals surface area contributed by atoms with E-state index in [1.165, 1.54) is 4.68 Å². The van der Waals surface area contributed by atoms with Gasteiger partial charge in [-0.25, -0.2) is 4.68 Å². The van der Waals surface area contributed by atoms with Crippen molar-refractivity contribution in [3.63, 3.8) is 0 Å². The van der Waals surface area contributed by atoms with Crippen LogP contribution >= 0.6 is 27.7 Å². The molecule has 0 aliphatic heterocycles. The molecule has 6 heteroatoms. The van der Waals surface area contributed by atoms with Crippen molar-refractivity contribution in [2.45, 2.75) is 27.3 Å². The molecule has 1 aromatic heterocycles. The predicted molar refractivity (Wildman–Crippen MR) is 87.1 cm³/mol. The summed E-state index contributed by atoms with van der Waals surface area (Å²) in [5.74, 6) is 2.06. The zero-order valence-corrected chi connectivity index (χ0v) is 14.3. The van der Waals surface area contributed by atoms with E-state index in [1.807, 2.05) is 11.8 Å². The highest BCUT2D eigenvalue weighted by molar-refractivity contribution is 9.10. The number of nitrogens with zero attached hydrogens (tertiary/aromatic N) is 2. The van der Waals surface area contributed by atoms with Gasteiger partial charge in [0.15, 0.2) is 0 Å². The van der Waals surface area contributed by atoms with Crippen LogP contribution in [-0.2, 0) is 6.54 Å². The first-order valence-electron chi connectivity index (χ1n) is 6.44. The van der Waals surface area contributed by atoms with E-state index in [4.69, 9.17) is 0 Å². The van der Waals surface area contributed by atoms with Crippen molar-refractivity contribution in [2.75, 3.05) is 23.9 Å². The van der Waals surface area contributed by atoms with Gasteiger partial charge in [-0.3, -0.25) is 4.79 Å². The number of aromatic nitrogens is 2. The highest BCUT2D eigenvalue weighted by atomic mass is 79.9. The van der Waals surface area contributed by atoms with E-state index >= 15 is 0 Å². The maximum atomic E-state index is 12.1. The van der Waals surface area contributed by atoms with E-state index in [1.54, 1.807) is 6.20 Å². The molecule has 1 heterocycles. The van der Waals surface area contributed by atoms with E-state index in [2.05, 4.69) is 53.4 Å². The van der Waals surface area contributed by atoms with Gasteiger partial charge in [0, 0.05) is 13.1 Å². The van der Waals surface area contributed by atoms with Crippen LogP contribution in [0.4, 0.5) is 5.69 Å². The van der Waals surface area contributed by atoms with Gasteiger partial charge >= 0.3 is 0 Å². The van der Waals surface area contributed by atoms with Gasteiger partial charge in [-0.2, -0.15) is 16.9 Å². The average Bonchev–Trinajstić information content (AvgIpc) is 2.34. The van der Waals surface area contributed by atoms with Gasteiger partial charge in [-0.05, 0) is 39.8 Å². The molecule has 1 rings (SSSR count). The summed E-state index contributed by atoms with van der Waals surface area (Å²) in [5.41, 5.74) is 0.703. The maximum Gasteiger partial charge on any atom is 0.283 e. The quantitative estimate of drug-likeness (QED) is 0.823. The van der Waals surface area contributed by atoms with Crippen molar-refractivity contribution in [2.24, 2.45) is 11.8 Å². The Balaban J connectivity index is 2.76. The van der Waals surface area contributed by atoms with Crippen LogP contribution in [-0.4, -0.2) is 28.3 Å². The first kappa shape index (κ1) is 16.6. The van der Waals surface area contributed by atoms with Crippen LogP contribution < -0.4 is 10.9 Å². The molecular formula is C13H22BrN3OS. The van der Waals surface area contributed by atoms with Crippen molar-refractivity contribution in [1.29, 1.82) is 0 Å². The summed E-state index contributed by atoms with van der Waals surface area (Å²) in [6.07, 6.45) is 3.82. The SMILES string of the molecule is CSCC(C)CNc1cnn(CC(C)C)c(=O)c1Br. The van der Waals surface area contributed by atoms with Gasteiger partial charge in [0.2, 0.25) is 0 Å². The number of halogens is 1. The molecule has 0 saturated heterocycles. The van der Waals surface area contributed by atoms with Crippen LogP contribution in [0.25, 0.3) is 0 Å². The van der Waals surface area contributed by atoms with Gasteiger partial charge in [-0.15, -0.1) is 0 Å². The summed E-state index contributed by atoms with van der Waals surface area (Å²) in [6.45, 7) is 7.80. The standard InChI is InChI=1S/C13H22BrN3OS/c1-9(2)7-17-13(18)12(14)11(6-16-17)15-5-10(3)8-19-4/h6,9-10,15H,5,7-8H2,1-4H3. The summed E-state index contributed by atoms with van der Waals surface area (Å²) in [5, 5.41) is 7.49. The van der Waals surface area contributed by atoms with Crippen LogP contribution in [0.3, 0.4) is 0 Å². The molecule has 1 atom stereocenters. The Morgan fingerprint density at radius 2 is 2.16 bits per heavy atom. The highest BCUT2D eigenvalue weighted by Gasteiger charge is 2.10. The molecule has 1 unspecified atom stereocenters. The van der Waals surface area contributed by atoms with Gasteiger partial charge < -0.3 is 5.32 Å². The van der Waals surface area contributed by atoms with Crippen LogP contribution in [0.2, 0.25) is 0 Å². The number of hydrogen-bond acceptors (Lipinski definition) is 4. The first-order valence-corrected chi connectivity index (χ1v) is 8.62. The minimum Gasteiger partial charge on any atom is -0.382 e. The van der Waals surface area contributed by atoms with Gasteiger partial charge in [-0.1, -0.05) is 20.8 Å². The number of thioether (sulfide) groups is 1. The number of anilines is 1. The smallest absolute Gasteiger partial charge is 0.283 e. The molecule has 0 radical (unpaired) electrons. The maximum absolute atomic E-state index is 12.1. The molecule has 108 valence electrons. The first-order chi connectivity index (χ1) is 8.95. The van der Waals surface area contributed by atoms with E-state index in [0.29, 0.717) is 22.9 Å². The molecule has 1 N–H and O–H groups in total. The molecule has 19 heavy (non-hydrogen) atoms. The Morgan fingerprint density at radius 3 is 2.74 bits per heavy atom. The lowest BCUT2D eigenvalue weighted by molar-refractivity contribution is 0.462. The fraction of sp³-hybridized carbons (Fsp3) is 0.692. The monoisotopic (exact) mass is 347 g/mol. The Labute approximate surface area is 127 Å². The van der Waals surface area contributed by atoms with Crippen molar-refractivity contribution in [3.8, 4) is 0 Å². The lowest BCUT2D eigenvalue weighted by atomic mass is 10.2. The van der Waals surface area contributed by atoms with Crippen molar-refractivity contribution in [3.05, 3.63) is 21.0 Å². The largest absolute Gasteiger partial charge is 0.382 e. The second kappa shape index (κ2) is 7.94. The topological polar surface area (TPSA) is 46.9 Å². The van der Waals surface area contributed by atoms with Gasteiger partial charge in [0.1, 0.15) is 4.47 Å². The second-order valence-electron chi connectivity index (χ2n) is 5.19. The number of rotatable bonds is 7. The number of hydrogen-bond donors (Lipinski definition) is 1. The molecule has 4 nitrogen and oxygen atoms in total. The second-order valence-corrected chi connectivity index (χ2v) is 6.90. The fourth-order valence-electron chi connectivity index (χ4n) is 1.69. The van der Waals surface area contributed by atoms with Gasteiger partial charge in [0.25, 0.3) is 5.56 Å².